The first-order valence-electron chi connectivity index (χ1n) is 9.10. The Morgan fingerprint density at radius 3 is 1.44 bits per heavy atom. The second-order valence-electron chi connectivity index (χ2n) is 7.11. The highest BCUT2D eigenvalue weighted by atomic mass is 14.5. The van der Waals surface area contributed by atoms with Crippen LogP contribution in [0.5, 0.6) is 0 Å². The molecule has 0 saturated heterocycles. The predicted molar refractivity (Wildman–Crippen MR) is 108 cm³/mol. The number of nitrogens with two attached hydrogens (primary N) is 1. The van der Waals surface area contributed by atoms with Gasteiger partial charge in [0.25, 0.3) is 0 Å². The van der Waals surface area contributed by atoms with Crippen molar-refractivity contribution in [2.45, 2.75) is 38.5 Å². The average molecular weight is 329 g/mol. The summed E-state index contributed by atoms with van der Waals surface area (Å²) in [4.78, 5) is 0. The van der Waals surface area contributed by atoms with Crippen LogP contribution in [0.4, 0.5) is 5.69 Å². The molecule has 1 nitrogen and oxygen atoms in total. The molecule has 0 heterocycles. The summed E-state index contributed by atoms with van der Waals surface area (Å²) in [5.41, 5.74) is 12.5. The number of hydrogen-bond acceptors (Lipinski definition) is 1. The highest BCUT2D eigenvalue weighted by Gasteiger charge is 2.13. The van der Waals surface area contributed by atoms with E-state index in [9.17, 15) is 0 Å². The minimum atomic E-state index is 0.452. The standard InChI is InChI=1S/C24H27N/c1-18(13-20-9-5-3-6-10-20)22-15-23(17-24(25)16-22)19(2)14-21-11-7-4-8-12-21/h3-12,15-19H,13-14,25H2,1-2H3. The second-order valence-corrected chi connectivity index (χ2v) is 7.11. The summed E-state index contributed by atoms with van der Waals surface area (Å²) < 4.78 is 0. The number of rotatable bonds is 6. The summed E-state index contributed by atoms with van der Waals surface area (Å²) in [5, 5.41) is 0. The number of nitrogen functional groups attached to an aromatic ring is 1. The van der Waals surface area contributed by atoms with Crippen LogP contribution in [0.1, 0.15) is 47.9 Å². The molecule has 128 valence electrons. The first kappa shape index (κ1) is 17.3. The first-order valence-corrected chi connectivity index (χ1v) is 9.10. The van der Waals surface area contributed by atoms with Gasteiger partial charge in [-0.05, 0) is 59.1 Å². The van der Waals surface area contributed by atoms with E-state index < -0.39 is 0 Å². The molecule has 3 aromatic carbocycles. The maximum absolute atomic E-state index is 6.22. The lowest BCUT2D eigenvalue weighted by Gasteiger charge is -2.18. The van der Waals surface area contributed by atoms with E-state index in [4.69, 9.17) is 5.73 Å². The molecule has 1 heteroatoms. The number of benzene rings is 3. The zero-order chi connectivity index (χ0) is 17.6. The summed E-state index contributed by atoms with van der Waals surface area (Å²) in [7, 11) is 0. The smallest absolute Gasteiger partial charge is 0.0319 e. The van der Waals surface area contributed by atoms with Crippen molar-refractivity contribution in [3.63, 3.8) is 0 Å². The molecular formula is C24H27N. The molecule has 0 amide bonds. The minimum Gasteiger partial charge on any atom is -0.399 e. The molecule has 0 aromatic heterocycles. The van der Waals surface area contributed by atoms with Gasteiger partial charge in [-0.15, -0.1) is 0 Å². The van der Waals surface area contributed by atoms with Crippen LogP contribution >= 0.6 is 0 Å². The Labute approximate surface area is 151 Å². The third kappa shape index (κ3) is 4.73. The third-order valence-corrected chi connectivity index (χ3v) is 4.91. The minimum absolute atomic E-state index is 0.452. The molecule has 2 atom stereocenters. The Morgan fingerprint density at radius 2 is 1.04 bits per heavy atom. The van der Waals surface area contributed by atoms with Crippen molar-refractivity contribution in [3.05, 3.63) is 101 Å². The van der Waals surface area contributed by atoms with E-state index in [-0.39, 0.29) is 0 Å². The molecular weight excluding hydrogens is 302 g/mol. The zero-order valence-corrected chi connectivity index (χ0v) is 15.2. The first-order chi connectivity index (χ1) is 12.1. The van der Waals surface area contributed by atoms with Crippen molar-refractivity contribution in [3.8, 4) is 0 Å². The predicted octanol–water partition coefficient (Wildman–Crippen LogP) is 5.96. The van der Waals surface area contributed by atoms with Crippen molar-refractivity contribution in [2.24, 2.45) is 0 Å². The Kier molecular flexibility index (Phi) is 5.55. The second kappa shape index (κ2) is 8.02. The number of anilines is 1. The van der Waals surface area contributed by atoms with Gasteiger partial charge in [0.2, 0.25) is 0 Å². The molecule has 0 fully saturated rings. The van der Waals surface area contributed by atoms with Crippen molar-refractivity contribution >= 4 is 5.69 Å². The fraction of sp³-hybridized carbons (Fsp3) is 0.250. The SMILES string of the molecule is CC(Cc1ccccc1)c1cc(N)cc(C(C)Cc2ccccc2)c1. The van der Waals surface area contributed by atoms with Crippen LogP contribution in [-0.2, 0) is 12.8 Å². The highest BCUT2D eigenvalue weighted by Crippen LogP contribution is 2.28. The monoisotopic (exact) mass is 329 g/mol. The van der Waals surface area contributed by atoms with Crippen molar-refractivity contribution < 1.29 is 0 Å². The van der Waals surface area contributed by atoms with Gasteiger partial charge in [0, 0.05) is 5.69 Å². The average Bonchev–Trinajstić information content (AvgIpc) is 2.63. The summed E-state index contributed by atoms with van der Waals surface area (Å²) in [5.74, 6) is 0.905. The van der Waals surface area contributed by atoms with E-state index >= 15 is 0 Å². The van der Waals surface area contributed by atoms with Gasteiger partial charge in [-0.25, -0.2) is 0 Å². The molecule has 25 heavy (non-hydrogen) atoms. The lowest BCUT2D eigenvalue weighted by atomic mass is 9.88. The molecule has 0 spiro atoms. The maximum atomic E-state index is 6.22. The molecule has 0 aliphatic heterocycles. The molecule has 3 rings (SSSR count). The Balaban J connectivity index is 1.77. The van der Waals surface area contributed by atoms with Crippen LogP contribution in [0.3, 0.4) is 0 Å². The molecule has 0 aliphatic rings. The van der Waals surface area contributed by atoms with Crippen molar-refractivity contribution in [2.75, 3.05) is 5.73 Å². The van der Waals surface area contributed by atoms with E-state index in [1.165, 1.54) is 22.3 Å². The summed E-state index contributed by atoms with van der Waals surface area (Å²) in [6.07, 6.45) is 2.08. The zero-order valence-electron chi connectivity index (χ0n) is 15.2. The van der Waals surface area contributed by atoms with Crippen LogP contribution in [-0.4, -0.2) is 0 Å². The van der Waals surface area contributed by atoms with E-state index in [1.54, 1.807) is 0 Å². The lowest BCUT2D eigenvalue weighted by molar-refractivity contribution is 0.736. The van der Waals surface area contributed by atoms with E-state index in [0.717, 1.165) is 18.5 Å². The van der Waals surface area contributed by atoms with Crippen molar-refractivity contribution in [1.29, 1.82) is 0 Å². The van der Waals surface area contributed by atoms with Gasteiger partial charge in [-0.2, -0.15) is 0 Å². The summed E-state index contributed by atoms with van der Waals surface area (Å²) in [6, 6.07) is 28.0. The Morgan fingerprint density at radius 1 is 0.640 bits per heavy atom. The van der Waals surface area contributed by atoms with Crippen LogP contribution in [0.15, 0.2) is 78.9 Å². The molecule has 3 aromatic rings. The summed E-state index contributed by atoms with van der Waals surface area (Å²) >= 11 is 0. The van der Waals surface area contributed by atoms with Gasteiger partial charge in [0.05, 0.1) is 0 Å². The molecule has 0 radical (unpaired) electrons. The van der Waals surface area contributed by atoms with Gasteiger partial charge in [0.1, 0.15) is 0 Å². The third-order valence-electron chi connectivity index (χ3n) is 4.91. The lowest BCUT2D eigenvalue weighted by Crippen LogP contribution is -2.04. The van der Waals surface area contributed by atoms with Crippen LogP contribution in [0.2, 0.25) is 0 Å². The molecule has 2 unspecified atom stereocenters. The van der Waals surface area contributed by atoms with Gasteiger partial charge in [-0.1, -0.05) is 80.6 Å². The van der Waals surface area contributed by atoms with E-state index in [0.29, 0.717) is 11.8 Å². The van der Waals surface area contributed by atoms with Gasteiger partial charge < -0.3 is 5.73 Å². The maximum Gasteiger partial charge on any atom is 0.0319 e. The quantitative estimate of drug-likeness (QED) is 0.555. The molecule has 0 saturated carbocycles. The van der Waals surface area contributed by atoms with Crippen LogP contribution in [0, 0.1) is 0 Å². The largest absolute Gasteiger partial charge is 0.399 e. The van der Waals surface area contributed by atoms with Gasteiger partial charge in [-0.3, -0.25) is 0 Å². The highest BCUT2D eigenvalue weighted by molar-refractivity contribution is 5.47. The molecule has 0 bridgehead atoms. The number of hydrogen-bond donors (Lipinski definition) is 1. The van der Waals surface area contributed by atoms with Gasteiger partial charge >= 0.3 is 0 Å². The van der Waals surface area contributed by atoms with Crippen LogP contribution in [0.25, 0.3) is 0 Å². The fourth-order valence-corrected chi connectivity index (χ4v) is 3.44. The Bertz CT molecular complexity index is 727. The summed E-state index contributed by atoms with van der Waals surface area (Å²) in [6.45, 7) is 4.57. The molecule has 2 N–H and O–H groups in total. The Hall–Kier alpha value is -2.54. The topological polar surface area (TPSA) is 26.0 Å². The van der Waals surface area contributed by atoms with Gasteiger partial charge in [0.15, 0.2) is 0 Å². The van der Waals surface area contributed by atoms with E-state index in [1.807, 2.05) is 0 Å². The van der Waals surface area contributed by atoms with Crippen molar-refractivity contribution in [1.82, 2.24) is 0 Å². The van der Waals surface area contributed by atoms with Crippen LogP contribution < -0.4 is 5.73 Å². The fourth-order valence-electron chi connectivity index (χ4n) is 3.44. The van der Waals surface area contributed by atoms with E-state index in [2.05, 4.69) is 92.7 Å². The normalized spacial score (nSPS) is 13.4. The molecule has 0 aliphatic carbocycles.